The van der Waals surface area contributed by atoms with Crippen molar-refractivity contribution in [3.05, 3.63) is 59.7 Å². The Morgan fingerprint density at radius 1 is 1.25 bits per heavy atom. The number of esters is 1. The third-order valence-electron chi connectivity index (χ3n) is 4.64. The molecule has 2 aromatic rings. The summed E-state index contributed by atoms with van der Waals surface area (Å²) in [5.74, 6) is -1.33. The zero-order valence-corrected chi connectivity index (χ0v) is 16.4. The van der Waals surface area contributed by atoms with Gasteiger partial charge in [-0.1, -0.05) is 12.5 Å². The maximum Gasteiger partial charge on any atom is 0.337 e. The van der Waals surface area contributed by atoms with Crippen molar-refractivity contribution in [1.29, 1.82) is 0 Å². The van der Waals surface area contributed by atoms with Gasteiger partial charge in [0.05, 0.1) is 31.1 Å². The minimum atomic E-state index is -3.85. The van der Waals surface area contributed by atoms with Crippen LogP contribution in [0.25, 0.3) is 0 Å². The van der Waals surface area contributed by atoms with Gasteiger partial charge >= 0.3 is 16.2 Å². The molecule has 0 aliphatic carbocycles. The fraction of sp³-hybridized carbons (Fsp3) is 0.368. The highest BCUT2D eigenvalue weighted by Gasteiger charge is 2.32. The molecule has 1 saturated heterocycles. The molecule has 3 rings (SSSR count). The molecule has 1 fully saturated rings. The Hall–Kier alpha value is -2.52. The minimum absolute atomic E-state index is 0.0653. The van der Waals surface area contributed by atoms with Gasteiger partial charge in [-0.2, -0.15) is 12.7 Å². The van der Waals surface area contributed by atoms with Crippen molar-refractivity contribution >= 4 is 21.9 Å². The Kier molecular flexibility index (Phi) is 6.25. The lowest BCUT2D eigenvalue weighted by Crippen LogP contribution is -2.46. The third kappa shape index (κ3) is 4.31. The first kappa shape index (κ1) is 20.2. The number of benzene rings is 1. The summed E-state index contributed by atoms with van der Waals surface area (Å²) in [6, 6.07) is 7.12. The van der Waals surface area contributed by atoms with E-state index >= 15 is 0 Å². The number of hydrogen-bond acceptors (Lipinski definition) is 5. The van der Waals surface area contributed by atoms with Crippen LogP contribution in [0.15, 0.2) is 42.7 Å². The number of piperidine rings is 1. The largest absolute Gasteiger partial charge is 0.465 e. The smallest absolute Gasteiger partial charge is 0.337 e. The van der Waals surface area contributed by atoms with Crippen LogP contribution in [-0.2, 0) is 21.5 Å². The van der Waals surface area contributed by atoms with Gasteiger partial charge in [0.15, 0.2) is 0 Å². The molecule has 0 spiro atoms. The first-order chi connectivity index (χ1) is 13.4. The van der Waals surface area contributed by atoms with Gasteiger partial charge in [-0.25, -0.2) is 9.18 Å². The average Bonchev–Trinajstić information content (AvgIpc) is 2.73. The predicted molar refractivity (Wildman–Crippen MR) is 103 cm³/mol. The maximum atomic E-state index is 14.6. The Morgan fingerprint density at radius 3 is 2.61 bits per heavy atom. The number of ether oxygens (including phenoxy) is 1. The van der Waals surface area contributed by atoms with Crippen LogP contribution in [0.5, 0.6) is 0 Å². The Bertz CT molecular complexity index is 931. The Balaban J connectivity index is 1.96. The second-order valence-corrected chi connectivity index (χ2v) is 8.34. The summed E-state index contributed by atoms with van der Waals surface area (Å²) >= 11 is 0. The predicted octanol–water partition coefficient (Wildman–Crippen LogP) is 2.74. The number of nitrogens with zero attached hydrogens (tertiary/aromatic N) is 3. The van der Waals surface area contributed by atoms with E-state index in [2.05, 4.69) is 9.72 Å². The first-order valence-electron chi connectivity index (χ1n) is 8.98. The van der Waals surface area contributed by atoms with Crippen molar-refractivity contribution in [2.75, 3.05) is 24.5 Å². The van der Waals surface area contributed by atoms with Gasteiger partial charge in [-0.05, 0) is 37.1 Å². The molecule has 0 saturated carbocycles. The molecule has 1 aromatic heterocycles. The molecule has 1 aliphatic heterocycles. The third-order valence-corrected chi connectivity index (χ3v) is 6.56. The highest BCUT2D eigenvalue weighted by atomic mass is 32.2. The quantitative estimate of drug-likeness (QED) is 0.688. The molecule has 1 aromatic carbocycles. The molecular weight excluding hydrogens is 385 g/mol. The normalized spacial score (nSPS) is 15.2. The van der Waals surface area contributed by atoms with Crippen LogP contribution in [0, 0.1) is 5.82 Å². The van der Waals surface area contributed by atoms with Crippen LogP contribution in [0.1, 0.15) is 35.2 Å². The molecule has 2 heterocycles. The summed E-state index contributed by atoms with van der Waals surface area (Å²) < 4.78 is 48.3. The summed E-state index contributed by atoms with van der Waals surface area (Å²) in [6.45, 7) is 0.656. The zero-order chi connectivity index (χ0) is 20.1. The number of hydrogen-bond donors (Lipinski definition) is 0. The number of aromatic nitrogens is 1. The minimum Gasteiger partial charge on any atom is -0.465 e. The van der Waals surface area contributed by atoms with Crippen LogP contribution < -0.4 is 4.31 Å². The van der Waals surface area contributed by atoms with E-state index in [1.54, 1.807) is 18.3 Å². The average molecular weight is 407 g/mol. The molecule has 9 heteroatoms. The topological polar surface area (TPSA) is 79.8 Å². The summed E-state index contributed by atoms with van der Waals surface area (Å²) in [5, 5.41) is 0. The van der Waals surface area contributed by atoms with Gasteiger partial charge in [0.2, 0.25) is 0 Å². The molecule has 0 radical (unpaired) electrons. The van der Waals surface area contributed by atoms with Gasteiger partial charge in [-0.3, -0.25) is 9.29 Å². The van der Waals surface area contributed by atoms with Crippen molar-refractivity contribution in [1.82, 2.24) is 9.29 Å². The second-order valence-electron chi connectivity index (χ2n) is 6.48. The van der Waals surface area contributed by atoms with Gasteiger partial charge in [-0.15, -0.1) is 0 Å². The number of anilines is 1. The molecule has 0 atom stereocenters. The Morgan fingerprint density at radius 2 is 2.00 bits per heavy atom. The monoisotopic (exact) mass is 407 g/mol. The van der Waals surface area contributed by atoms with Crippen molar-refractivity contribution in [3.8, 4) is 0 Å². The molecule has 28 heavy (non-hydrogen) atoms. The fourth-order valence-electron chi connectivity index (χ4n) is 3.12. The SMILES string of the molecule is COC(=O)c1ccc(CN(c2cccnc2)S(=O)(=O)N2CCCCC2)c(F)c1. The van der Waals surface area contributed by atoms with Gasteiger partial charge in [0.1, 0.15) is 5.82 Å². The molecule has 0 N–H and O–H groups in total. The molecule has 0 amide bonds. The van der Waals surface area contributed by atoms with E-state index in [1.165, 1.54) is 29.7 Å². The van der Waals surface area contributed by atoms with E-state index in [0.29, 0.717) is 18.8 Å². The standard InChI is InChI=1S/C19H22FN3O4S/c1-27-19(24)15-7-8-16(18(20)12-15)14-23(17-6-5-9-21-13-17)28(25,26)22-10-3-2-4-11-22/h5-9,12-13H,2-4,10-11,14H2,1H3. The van der Waals surface area contributed by atoms with E-state index < -0.39 is 22.0 Å². The van der Waals surface area contributed by atoms with E-state index in [9.17, 15) is 17.6 Å². The molecule has 0 unspecified atom stereocenters. The first-order valence-corrected chi connectivity index (χ1v) is 10.4. The fourth-order valence-corrected chi connectivity index (χ4v) is 4.79. The zero-order valence-electron chi connectivity index (χ0n) is 15.5. The second kappa shape index (κ2) is 8.66. The van der Waals surface area contributed by atoms with Crippen LogP contribution in [-0.4, -0.2) is 43.9 Å². The van der Waals surface area contributed by atoms with E-state index in [-0.39, 0.29) is 17.7 Å². The van der Waals surface area contributed by atoms with Gasteiger partial charge in [0, 0.05) is 24.8 Å². The number of carbonyl (C=O) groups excluding carboxylic acids is 1. The van der Waals surface area contributed by atoms with Crippen molar-refractivity contribution in [2.24, 2.45) is 0 Å². The number of rotatable bonds is 6. The molecule has 1 aliphatic rings. The molecule has 0 bridgehead atoms. The van der Waals surface area contributed by atoms with E-state index in [4.69, 9.17) is 0 Å². The summed E-state index contributed by atoms with van der Waals surface area (Å²) in [5.41, 5.74) is 0.567. The highest BCUT2D eigenvalue weighted by Crippen LogP contribution is 2.26. The lowest BCUT2D eigenvalue weighted by Gasteiger charge is -2.33. The molecule has 7 nitrogen and oxygen atoms in total. The van der Waals surface area contributed by atoms with Crippen molar-refractivity contribution in [2.45, 2.75) is 25.8 Å². The highest BCUT2D eigenvalue weighted by molar-refractivity contribution is 7.90. The summed E-state index contributed by atoms with van der Waals surface area (Å²) in [4.78, 5) is 15.6. The van der Waals surface area contributed by atoms with Gasteiger partial charge < -0.3 is 4.74 Å². The van der Waals surface area contributed by atoms with Crippen LogP contribution >= 0.6 is 0 Å². The Labute approximate surface area is 163 Å². The maximum absolute atomic E-state index is 14.6. The van der Waals surface area contributed by atoms with Crippen molar-refractivity contribution in [3.63, 3.8) is 0 Å². The van der Waals surface area contributed by atoms with Crippen molar-refractivity contribution < 1.29 is 22.3 Å². The van der Waals surface area contributed by atoms with Crippen LogP contribution in [0.2, 0.25) is 0 Å². The summed E-state index contributed by atoms with van der Waals surface area (Å²) in [6.07, 6.45) is 5.55. The van der Waals surface area contributed by atoms with E-state index in [0.717, 1.165) is 29.6 Å². The number of methoxy groups -OCH3 is 1. The number of carbonyl (C=O) groups is 1. The molecular formula is C19H22FN3O4S. The lowest BCUT2D eigenvalue weighted by molar-refractivity contribution is 0.0600. The molecule has 150 valence electrons. The lowest BCUT2D eigenvalue weighted by atomic mass is 10.1. The number of pyridine rings is 1. The van der Waals surface area contributed by atoms with Gasteiger partial charge in [0.25, 0.3) is 0 Å². The number of halogens is 1. The van der Waals surface area contributed by atoms with Crippen LogP contribution in [0.3, 0.4) is 0 Å². The van der Waals surface area contributed by atoms with E-state index in [1.807, 2.05) is 0 Å². The summed E-state index contributed by atoms with van der Waals surface area (Å²) in [7, 11) is -2.64. The van der Waals surface area contributed by atoms with Crippen LogP contribution in [0.4, 0.5) is 10.1 Å².